The summed E-state index contributed by atoms with van der Waals surface area (Å²) in [5, 5.41) is 21.3. The first-order valence-electron chi connectivity index (χ1n) is 8.58. The second kappa shape index (κ2) is 7.17. The standard InChI is InChI=1S/C20H22O7/c1-11-14-6-7-15(21)18(22)20(14,24)8-4-5-12-9-13(25-2)10-16(26-3)17(12)19(23)27-11/h4-7,9-11,14,18,22,24H,8H2,1-3H3/b5-4+/t11-,14?,18+,20+/m0/s1. The molecule has 0 radical (unpaired) electrons. The summed E-state index contributed by atoms with van der Waals surface area (Å²) < 4.78 is 16.1. The average Bonchev–Trinajstić information content (AvgIpc) is 2.64. The summed E-state index contributed by atoms with van der Waals surface area (Å²) in [4.78, 5) is 24.7. The van der Waals surface area contributed by atoms with Gasteiger partial charge in [0, 0.05) is 12.0 Å². The first-order valence-corrected chi connectivity index (χ1v) is 8.58. The fraction of sp³-hybridized carbons (Fsp3) is 0.400. The molecule has 0 fully saturated rings. The highest BCUT2D eigenvalue weighted by molar-refractivity contribution is 5.98. The summed E-state index contributed by atoms with van der Waals surface area (Å²) in [6.45, 7) is 1.61. The molecule has 3 rings (SSSR count). The highest BCUT2D eigenvalue weighted by Gasteiger charge is 2.50. The van der Waals surface area contributed by atoms with Crippen molar-refractivity contribution >= 4 is 17.8 Å². The van der Waals surface area contributed by atoms with E-state index in [4.69, 9.17) is 14.2 Å². The van der Waals surface area contributed by atoms with E-state index in [9.17, 15) is 19.8 Å². The van der Waals surface area contributed by atoms with Gasteiger partial charge in [-0.25, -0.2) is 4.79 Å². The molecule has 0 saturated heterocycles. The summed E-state index contributed by atoms with van der Waals surface area (Å²) >= 11 is 0. The molecule has 0 spiro atoms. The smallest absolute Gasteiger partial charge is 0.342 e. The first-order chi connectivity index (χ1) is 12.8. The Labute approximate surface area is 156 Å². The minimum absolute atomic E-state index is 0.00420. The van der Waals surface area contributed by atoms with E-state index in [1.807, 2.05) is 0 Å². The third kappa shape index (κ3) is 3.24. The summed E-state index contributed by atoms with van der Waals surface area (Å²) in [6, 6.07) is 3.23. The van der Waals surface area contributed by atoms with Gasteiger partial charge >= 0.3 is 5.97 Å². The van der Waals surface area contributed by atoms with Gasteiger partial charge in [0.05, 0.1) is 14.2 Å². The van der Waals surface area contributed by atoms with Crippen LogP contribution >= 0.6 is 0 Å². The van der Waals surface area contributed by atoms with Crippen molar-refractivity contribution in [1.29, 1.82) is 0 Å². The second-order valence-electron chi connectivity index (χ2n) is 6.69. The highest BCUT2D eigenvalue weighted by atomic mass is 16.5. The Balaban J connectivity index is 2.13. The number of methoxy groups -OCH3 is 2. The van der Waals surface area contributed by atoms with Crippen molar-refractivity contribution < 1.29 is 34.0 Å². The van der Waals surface area contributed by atoms with E-state index in [0.717, 1.165) is 0 Å². The van der Waals surface area contributed by atoms with E-state index in [0.29, 0.717) is 17.1 Å². The third-order valence-corrected chi connectivity index (χ3v) is 5.09. The number of carbonyl (C=O) groups excluding carboxylic acids is 2. The van der Waals surface area contributed by atoms with Crippen LogP contribution in [0.1, 0.15) is 29.3 Å². The topological polar surface area (TPSA) is 102 Å². The van der Waals surface area contributed by atoms with E-state index in [-0.39, 0.29) is 12.0 Å². The number of hydrogen-bond acceptors (Lipinski definition) is 7. The van der Waals surface area contributed by atoms with Crippen LogP contribution in [0.3, 0.4) is 0 Å². The molecule has 0 aromatic heterocycles. The van der Waals surface area contributed by atoms with Gasteiger partial charge in [0.25, 0.3) is 0 Å². The molecule has 27 heavy (non-hydrogen) atoms. The number of aliphatic hydroxyl groups excluding tert-OH is 1. The van der Waals surface area contributed by atoms with Crippen LogP contribution in [0, 0.1) is 5.92 Å². The predicted molar refractivity (Wildman–Crippen MR) is 96.7 cm³/mol. The van der Waals surface area contributed by atoms with Crippen molar-refractivity contribution in [3.8, 4) is 11.5 Å². The van der Waals surface area contributed by atoms with Crippen LogP contribution < -0.4 is 9.47 Å². The fourth-order valence-corrected chi connectivity index (χ4v) is 3.61. The summed E-state index contributed by atoms with van der Waals surface area (Å²) in [7, 11) is 2.94. The molecule has 0 bridgehead atoms. The normalized spacial score (nSPS) is 31.4. The second-order valence-corrected chi connectivity index (χ2v) is 6.69. The summed E-state index contributed by atoms with van der Waals surface area (Å²) in [5.74, 6) is -1.17. The van der Waals surface area contributed by atoms with Crippen molar-refractivity contribution in [3.63, 3.8) is 0 Å². The molecule has 1 aliphatic carbocycles. The van der Waals surface area contributed by atoms with Gasteiger partial charge in [-0.15, -0.1) is 0 Å². The number of ketones is 1. The van der Waals surface area contributed by atoms with Gasteiger partial charge in [-0.2, -0.15) is 0 Å². The number of aliphatic hydroxyl groups is 2. The van der Waals surface area contributed by atoms with Gasteiger partial charge in [0.2, 0.25) is 0 Å². The molecule has 1 unspecified atom stereocenters. The first kappa shape index (κ1) is 19.1. The van der Waals surface area contributed by atoms with E-state index in [1.54, 1.807) is 31.2 Å². The Bertz CT molecular complexity index is 826. The van der Waals surface area contributed by atoms with Gasteiger partial charge in [-0.1, -0.05) is 18.2 Å². The maximum atomic E-state index is 12.8. The molecule has 144 valence electrons. The van der Waals surface area contributed by atoms with Crippen LogP contribution in [0.15, 0.2) is 30.4 Å². The van der Waals surface area contributed by atoms with Gasteiger partial charge < -0.3 is 24.4 Å². The fourth-order valence-electron chi connectivity index (χ4n) is 3.61. The van der Waals surface area contributed by atoms with Crippen molar-refractivity contribution in [3.05, 3.63) is 41.5 Å². The Morgan fingerprint density at radius 3 is 2.59 bits per heavy atom. The molecular formula is C20H22O7. The zero-order valence-electron chi connectivity index (χ0n) is 15.3. The van der Waals surface area contributed by atoms with Crippen LogP contribution in [0.5, 0.6) is 11.5 Å². The van der Waals surface area contributed by atoms with Crippen molar-refractivity contribution in [2.45, 2.75) is 31.2 Å². The Morgan fingerprint density at radius 2 is 1.93 bits per heavy atom. The predicted octanol–water partition coefficient (Wildman–Crippen LogP) is 1.51. The minimum Gasteiger partial charge on any atom is -0.497 e. The number of benzene rings is 1. The highest BCUT2D eigenvalue weighted by Crippen LogP contribution is 2.38. The number of hydrogen-bond donors (Lipinski definition) is 2. The number of fused-ring (bicyclic) bond motifs is 2. The largest absolute Gasteiger partial charge is 0.497 e. The lowest BCUT2D eigenvalue weighted by Gasteiger charge is -2.42. The molecule has 7 nitrogen and oxygen atoms in total. The third-order valence-electron chi connectivity index (χ3n) is 5.09. The lowest BCUT2D eigenvalue weighted by Crippen LogP contribution is -2.57. The van der Waals surface area contributed by atoms with Gasteiger partial charge in [-0.3, -0.25) is 4.79 Å². The van der Waals surface area contributed by atoms with Crippen molar-refractivity contribution in [2.75, 3.05) is 14.2 Å². The monoisotopic (exact) mass is 374 g/mol. The molecule has 1 aliphatic heterocycles. The minimum atomic E-state index is -1.78. The molecule has 1 heterocycles. The van der Waals surface area contributed by atoms with Crippen molar-refractivity contribution in [1.82, 2.24) is 0 Å². The summed E-state index contributed by atoms with van der Waals surface area (Å²) in [6.07, 6.45) is 3.53. The number of rotatable bonds is 2. The molecule has 0 amide bonds. The molecule has 1 aromatic carbocycles. The maximum Gasteiger partial charge on any atom is 0.342 e. The SMILES string of the molecule is COc1cc2c(c(OC)c1)C(=O)O[C@@H](C)C1C=CC(=O)[C@@H](O)[C@@]1(O)C/C=C/2. The zero-order chi connectivity index (χ0) is 19.8. The molecule has 1 aromatic rings. The van der Waals surface area contributed by atoms with Gasteiger partial charge in [0.1, 0.15) is 34.9 Å². The molecular weight excluding hydrogens is 352 g/mol. The zero-order valence-corrected chi connectivity index (χ0v) is 15.3. The lowest BCUT2D eigenvalue weighted by atomic mass is 9.72. The molecule has 0 saturated carbocycles. The Hall–Kier alpha value is -2.64. The molecule has 7 heteroatoms. The van der Waals surface area contributed by atoms with Crippen LogP contribution in [0.4, 0.5) is 0 Å². The molecule has 2 aliphatic rings. The number of ether oxygens (including phenoxy) is 3. The number of carbonyl (C=O) groups is 2. The van der Waals surface area contributed by atoms with E-state index in [1.165, 1.54) is 26.4 Å². The lowest BCUT2D eigenvalue weighted by molar-refractivity contribution is -0.154. The van der Waals surface area contributed by atoms with Gasteiger partial charge in [-0.05, 0) is 31.1 Å². The van der Waals surface area contributed by atoms with E-state index in [2.05, 4.69) is 0 Å². The van der Waals surface area contributed by atoms with Crippen LogP contribution in [-0.4, -0.2) is 54.0 Å². The average molecular weight is 374 g/mol. The number of esters is 1. The molecule has 4 atom stereocenters. The van der Waals surface area contributed by atoms with E-state index >= 15 is 0 Å². The Kier molecular flexibility index (Phi) is 5.08. The van der Waals surface area contributed by atoms with E-state index < -0.39 is 35.5 Å². The van der Waals surface area contributed by atoms with Crippen LogP contribution in [-0.2, 0) is 9.53 Å². The quantitative estimate of drug-likeness (QED) is 0.757. The molecule has 2 N–H and O–H groups in total. The van der Waals surface area contributed by atoms with Crippen LogP contribution in [0.2, 0.25) is 0 Å². The number of cyclic esters (lactones) is 1. The maximum absolute atomic E-state index is 12.8. The Morgan fingerprint density at radius 1 is 1.19 bits per heavy atom. The van der Waals surface area contributed by atoms with Gasteiger partial charge in [0.15, 0.2) is 5.78 Å². The van der Waals surface area contributed by atoms with Crippen LogP contribution in [0.25, 0.3) is 6.08 Å². The van der Waals surface area contributed by atoms with Crippen molar-refractivity contribution in [2.24, 2.45) is 5.92 Å². The summed E-state index contributed by atoms with van der Waals surface area (Å²) in [5.41, 5.74) is -1.05.